The molecule has 0 N–H and O–H groups in total. The largest absolute Gasteiger partial charge is 0.472 e. The summed E-state index contributed by atoms with van der Waals surface area (Å²) in [6, 6.07) is 0.408. The van der Waals surface area contributed by atoms with Gasteiger partial charge in [-0.2, -0.15) is 0 Å². The normalized spacial score (nSPS) is 17.2. The Kier molecular flexibility index (Phi) is 26.2. The monoisotopic (exact) mass is 1050 g/mol. The fourth-order valence-corrected chi connectivity index (χ4v) is 9.35. The van der Waals surface area contributed by atoms with Crippen molar-refractivity contribution in [1.29, 1.82) is 0 Å². The maximum absolute atomic E-state index is 11.6. The molecule has 1 aromatic rings. The Bertz CT molecular complexity index is 1930. The molecule has 5 aliphatic heterocycles. The average molecular weight is 1050 g/mol. The van der Waals surface area contributed by atoms with Crippen molar-refractivity contribution in [3.63, 3.8) is 0 Å². The zero-order valence-electron chi connectivity index (χ0n) is 44.9. The minimum atomic E-state index is -0.190. The molecule has 5 aliphatic rings. The van der Waals surface area contributed by atoms with Gasteiger partial charge in [0.1, 0.15) is 23.1 Å². The Hall–Kier alpha value is -4.67. The lowest BCUT2D eigenvalue weighted by Crippen LogP contribution is -2.37. The van der Waals surface area contributed by atoms with Crippen LogP contribution in [0.2, 0.25) is 0 Å². The fourth-order valence-electron chi connectivity index (χ4n) is 7.38. The molecule has 70 heavy (non-hydrogen) atoms. The molecule has 5 fully saturated rings. The Balaban J connectivity index is 0.000000420. The molecule has 1 aromatic heterocycles. The number of urea groups is 3. The van der Waals surface area contributed by atoms with Crippen molar-refractivity contribution in [2.24, 2.45) is 0 Å². The summed E-state index contributed by atoms with van der Waals surface area (Å²) < 4.78 is 4.98. The summed E-state index contributed by atoms with van der Waals surface area (Å²) in [4.78, 5) is 97.7. The second-order valence-corrected chi connectivity index (χ2v) is 20.3. The van der Waals surface area contributed by atoms with Crippen LogP contribution in [0, 0.1) is 6.92 Å². The first kappa shape index (κ1) is 63.3. The highest BCUT2D eigenvalue weighted by atomic mass is 32.1. The molecule has 0 unspecified atom stereocenters. The standard InChI is InChI=1S/C9H12O2.C8H14N2O2.2C8H14N2OS.C8H14N2S2.C7H12N2O2/c1-6(2)8-5-11-4-7(3)9(8)10;1-4-9-5-7(11)10(6(2)3)8(9)12;1-4-9-5-7(12)10(6(2)3)8(9)11;2*1-4-9-5-7(11)10(6(2)3)8(9)12;1-5(2)9-6(10)4-8(3)7(9)11/h4-6H,1-3H3;4*6H,4-5H2,1-3H3;5H,4H2,1-3H3. The van der Waals surface area contributed by atoms with Crippen molar-refractivity contribution in [3.8, 4) is 0 Å². The van der Waals surface area contributed by atoms with E-state index >= 15 is 0 Å². The van der Waals surface area contributed by atoms with Crippen LogP contribution in [0.25, 0.3) is 0 Å². The van der Waals surface area contributed by atoms with Crippen molar-refractivity contribution in [2.45, 2.75) is 154 Å². The topological polar surface area (TPSA) is 165 Å². The van der Waals surface area contributed by atoms with E-state index in [4.69, 9.17) is 53.3 Å². The maximum atomic E-state index is 11.6. The van der Waals surface area contributed by atoms with E-state index in [-0.39, 0.29) is 84.4 Å². The Morgan fingerprint density at radius 1 is 0.457 bits per heavy atom. The number of imide groups is 2. The summed E-state index contributed by atoms with van der Waals surface area (Å²) in [7, 11) is 1.63. The van der Waals surface area contributed by atoms with Crippen LogP contribution >= 0.6 is 48.9 Å². The molecule has 0 saturated carbocycles. The third-order valence-electron chi connectivity index (χ3n) is 11.3. The summed E-state index contributed by atoms with van der Waals surface area (Å²) in [5, 5.41) is 1.56. The molecule has 22 heteroatoms. The van der Waals surface area contributed by atoms with E-state index in [1.165, 1.54) is 27.2 Å². The van der Waals surface area contributed by atoms with Crippen LogP contribution < -0.4 is 5.43 Å². The first-order valence-corrected chi connectivity index (χ1v) is 25.7. The van der Waals surface area contributed by atoms with Crippen LogP contribution in [0.4, 0.5) is 14.4 Å². The van der Waals surface area contributed by atoms with Gasteiger partial charge >= 0.3 is 18.1 Å². The molecule has 18 nitrogen and oxygen atoms in total. The minimum absolute atomic E-state index is 0.0263. The molecule has 0 aliphatic carbocycles. The summed E-state index contributed by atoms with van der Waals surface area (Å²) in [6.45, 7) is 38.6. The number of rotatable bonds is 10. The molecule has 6 rings (SSSR count). The smallest absolute Gasteiger partial charge is 0.327 e. The number of hydrogen-bond donors (Lipinski definition) is 0. The number of carbonyl (C=O) groups excluding carboxylic acids is 6. The van der Waals surface area contributed by atoms with Gasteiger partial charge in [-0.05, 0) is 134 Å². The number of aryl methyl sites for hydroxylation is 1. The first-order valence-electron chi connectivity index (χ1n) is 24.0. The molecule has 5 saturated heterocycles. The molecule has 0 bridgehead atoms. The van der Waals surface area contributed by atoms with Crippen molar-refractivity contribution in [2.75, 3.05) is 66.0 Å². The van der Waals surface area contributed by atoms with E-state index in [9.17, 15) is 33.6 Å². The van der Waals surface area contributed by atoms with Gasteiger partial charge in [0.05, 0.1) is 32.2 Å². The number of nitrogens with zero attached hydrogens (tertiary/aromatic N) is 10. The lowest BCUT2D eigenvalue weighted by atomic mass is 10.0. The van der Waals surface area contributed by atoms with Gasteiger partial charge in [-0.15, -0.1) is 0 Å². The van der Waals surface area contributed by atoms with E-state index in [0.717, 1.165) is 46.8 Å². The minimum Gasteiger partial charge on any atom is -0.472 e. The predicted molar refractivity (Wildman–Crippen MR) is 292 cm³/mol. The van der Waals surface area contributed by atoms with Crippen molar-refractivity contribution < 1.29 is 33.2 Å². The van der Waals surface area contributed by atoms with Crippen LogP contribution in [0.15, 0.2) is 21.7 Å². The number of carbonyl (C=O) groups is 6. The van der Waals surface area contributed by atoms with Crippen molar-refractivity contribution in [1.82, 2.24) is 49.0 Å². The number of amides is 9. The molecular formula is C48H80N10O8S4. The quantitative estimate of drug-likeness (QED) is 0.174. The van der Waals surface area contributed by atoms with E-state index in [1.807, 2.05) is 99.8 Å². The molecule has 0 spiro atoms. The molecule has 0 atom stereocenters. The SMILES string of the molecule is CC(C)N1C(=O)CN(C)C1=O.CCN1CC(=O)N(C(C)C)C1=O.CCN1CC(=O)N(C(C)C)C1=S.CCN1CC(=S)N(C(C)C)C1=O.CCN1CC(=S)N(C(C)C)C1=S.Cc1cocc(C(C)C)c1=O. The second-order valence-electron chi connectivity index (χ2n) is 18.6. The molecule has 6 heterocycles. The number of thiocarbonyl (C=S) groups is 4. The van der Waals surface area contributed by atoms with Gasteiger partial charge in [-0.1, -0.05) is 38.3 Å². The summed E-state index contributed by atoms with van der Waals surface area (Å²) in [5.41, 5.74) is 1.53. The first-order chi connectivity index (χ1) is 32.5. The van der Waals surface area contributed by atoms with E-state index in [1.54, 1.807) is 33.6 Å². The second kappa shape index (κ2) is 29.0. The molecule has 0 radical (unpaired) electrons. The van der Waals surface area contributed by atoms with Gasteiger partial charge in [0.15, 0.2) is 15.7 Å². The highest BCUT2D eigenvalue weighted by Crippen LogP contribution is 2.17. The Labute approximate surface area is 438 Å². The molecule has 9 amide bonds. The lowest BCUT2D eigenvalue weighted by molar-refractivity contribution is -0.127. The van der Waals surface area contributed by atoms with Crippen LogP contribution in [0.1, 0.15) is 128 Å². The van der Waals surface area contributed by atoms with Crippen LogP contribution in [0.3, 0.4) is 0 Å². The van der Waals surface area contributed by atoms with Gasteiger partial charge < -0.3 is 33.8 Å². The number of likely N-dealkylation sites (N-methyl/N-ethyl adjacent to an activating group) is 5. The number of hydrogen-bond acceptors (Lipinski definition) is 12. The molecule has 0 aromatic carbocycles. The highest BCUT2D eigenvalue weighted by molar-refractivity contribution is 7.82. The van der Waals surface area contributed by atoms with Gasteiger partial charge in [0, 0.05) is 74.6 Å². The highest BCUT2D eigenvalue weighted by Gasteiger charge is 2.38. The summed E-state index contributed by atoms with van der Waals surface area (Å²) in [6.07, 6.45) is 3.01. The van der Waals surface area contributed by atoms with Gasteiger partial charge in [-0.25, -0.2) is 14.4 Å². The fraction of sp³-hybridized carbons (Fsp3) is 0.688. The maximum Gasteiger partial charge on any atom is 0.327 e. The third kappa shape index (κ3) is 16.7. The van der Waals surface area contributed by atoms with E-state index in [0.29, 0.717) is 36.4 Å². The Morgan fingerprint density at radius 2 is 0.800 bits per heavy atom. The van der Waals surface area contributed by atoms with Gasteiger partial charge in [0.25, 0.3) is 11.8 Å². The van der Waals surface area contributed by atoms with Gasteiger partial charge in [0.2, 0.25) is 5.91 Å². The average Bonchev–Trinajstić information content (AvgIpc) is 4.00. The van der Waals surface area contributed by atoms with E-state index < -0.39 is 0 Å². The van der Waals surface area contributed by atoms with Crippen LogP contribution in [-0.2, 0) is 14.4 Å². The van der Waals surface area contributed by atoms with E-state index in [2.05, 4.69) is 25.7 Å². The predicted octanol–water partition coefficient (Wildman–Crippen LogP) is 7.01. The third-order valence-corrected chi connectivity index (χ3v) is 12.8. The van der Waals surface area contributed by atoms with Crippen molar-refractivity contribution in [3.05, 3.63) is 33.9 Å². The van der Waals surface area contributed by atoms with Crippen LogP contribution in [0.5, 0.6) is 0 Å². The molecular weight excluding hydrogens is 973 g/mol. The lowest BCUT2D eigenvalue weighted by Gasteiger charge is -2.23. The Morgan fingerprint density at radius 3 is 1.07 bits per heavy atom. The van der Waals surface area contributed by atoms with Gasteiger partial charge in [-0.3, -0.25) is 38.8 Å². The zero-order chi connectivity index (χ0) is 54.2. The van der Waals surface area contributed by atoms with Crippen molar-refractivity contribution >= 4 is 105 Å². The molecule has 394 valence electrons. The van der Waals surface area contributed by atoms with Crippen LogP contribution in [-0.4, -0.2) is 201 Å². The summed E-state index contributed by atoms with van der Waals surface area (Å²) in [5.74, 6) is 0.173. The summed E-state index contributed by atoms with van der Waals surface area (Å²) >= 11 is 20.8. The zero-order valence-corrected chi connectivity index (χ0v) is 48.1.